The Morgan fingerprint density at radius 2 is 1.75 bits per heavy atom. The summed E-state index contributed by atoms with van der Waals surface area (Å²) in [5.41, 5.74) is 0. The molecular formula is C14H27Cl2N3O. The van der Waals surface area contributed by atoms with Gasteiger partial charge in [0.25, 0.3) is 0 Å². The molecule has 3 aliphatic rings. The molecule has 20 heavy (non-hydrogen) atoms. The van der Waals surface area contributed by atoms with E-state index in [9.17, 15) is 4.79 Å². The van der Waals surface area contributed by atoms with Crippen LogP contribution in [0.1, 0.15) is 19.8 Å². The van der Waals surface area contributed by atoms with Crippen LogP contribution < -0.4 is 5.32 Å². The molecule has 1 N–H and O–H groups in total. The first-order valence-electron chi connectivity index (χ1n) is 7.46. The van der Waals surface area contributed by atoms with E-state index >= 15 is 0 Å². The number of nitrogens with one attached hydrogen (secondary N) is 1. The first-order chi connectivity index (χ1) is 8.74. The summed E-state index contributed by atoms with van der Waals surface area (Å²) in [6.07, 6.45) is 2.84. The van der Waals surface area contributed by atoms with Crippen LogP contribution in [-0.2, 0) is 4.79 Å². The predicted molar refractivity (Wildman–Crippen MR) is 85.8 cm³/mol. The van der Waals surface area contributed by atoms with Gasteiger partial charge in [0, 0.05) is 38.6 Å². The number of halogens is 2. The van der Waals surface area contributed by atoms with Crippen molar-refractivity contribution in [1.29, 1.82) is 0 Å². The standard InChI is InChI=1S/C14H25N3O.2ClH/c1-11(13-8-15-9-13)14(18)17-6-4-16(5-7-17)10-12-2-3-12;;/h11-13,15H,2-10H2,1H3;2*1H. The SMILES string of the molecule is CC(C(=O)N1CCN(CC2CC2)CC1)C1CNC1.Cl.Cl. The van der Waals surface area contributed by atoms with Crippen molar-refractivity contribution in [2.45, 2.75) is 19.8 Å². The van der Waals surface area contributed by atoms with Crippen LogP contribution in [0.15, 0.2) is 0 Å². The van der Waals surface area contributed by atoms with Gasteiger partial charge in [0.2, 0.25) is 5.91 Å². The highest BCUT2D eigenvalue weighted by atomic mass is 35.5. The third kappa shape index (κ3) is 4.23. The first-order valence-corrected chi connectivity index (χ1v) is 7.46. The Morgan fingerprint density at radius 1 is 1.15 bits per heavy atom. The minimum atomic E-state index is 0. The molecule has 1 aliphatic carbocycles. The molecule has 0 aromatic rings. The van der Waals surface area contributed by atoms with Gasteiger partial charge in [-0.15, -0.1) is 24.8 Å². The lowest BCUT2D eigenvalue weighted by molar-refractivity contribution is -0.139. The minimum Gasteiger partial charge on any atom is -0.340 e. The van der Waals surface area contributed by atoms with E-state index in [0.717, 1.165) is 45.2 Å². The van der Waals surface area contributed by atoms with E-state index in [1.54, 1.807) is 0 Å². The summed E-state index contributed by atoms with van der Waals surface area (Å²) in [6.45, 7) is 9.46. The molecule has 118 valence electrons. The average molecular weight is 324 g/mol. The third-order valence-electron chi connectivity index (χ3n) is 4.81. The molecule has 0 radical (unpaired) electrons. The fourth-order valence-corrected chi connectivity index (χ4v) is 2.97. The van der Waals surface area contributed by atoms with Crippen LogP contribution in [0.3, 0.4) is 0 Å². The quantitative estimate of drug-likeness (QED) is 0.845. The van der Waals surface area contributed by atoms with Crippen LogP contribution in [0.5, 0.6) is 0 Å². The van der Waals surface area contributed by atoms with Crippen LogP contribution in [-0.4, -0.2) is 61.5 Å². The van der Waals surface area contributed by atoms with Gasteiger partial charge >= 0.3 is 0 Å². The Hall–Kier alpha value is -0.0300. The number of piperazine rings is 1. The number of carbonyl (C=O) groups excluding carboxylic acids is 1. The summed E-state index contributed by atoms with van der Waals surface area (Å²) in [6, 6.07) is 0. The molecule has 1 unspecified atom stereocenters. The number of hydrogen-bond donors (Lipinski definition) is 1. The second-order valence-electron chi connectivity index (χ2n) is 6.28. The monoisotopic (exact) mass is 323 g/mol. The van der Waals surface area contributed by atoms with Gasteiger partial charge in [-0.3, -0.25) is 9.69 Å². The molecule has 0 bridgehead atoms. The maximum Gasteiger partial charge on any atom is 0.225 e. The summed E-state index contributed by atoms with van der Waals surface area (Å²) in [4.78, 5) is 17.0. The Kier molecular flexibility index (Phi) is 7.06. The molecule has 4 nitrogen and oxygen atoms in total. The van der Waals surface area contributed by atoms with Gasteiger partial charge in [0.15, 0.2) is 0 Å². The van der Waals surface area contributed by atoms with Crippen LogP contribution in [0.2, 0.25) is 0 Å². The van der Waals surface area contributed by atoms with Crippen LogP contribution >= 0.6 is 24.8 Å². The van der Waals surface area contributed by atoms with E-state index in [-0.39, 0.29) is 30.7 Å². The fraction of sp³-hybridized carbons (Fsp3) is 0.929. The molecule has 2 aliphatic heterocycles. The van der Waals surface area contributed by atoms with Crippen molar-refractivity contribution in [2.24, 2.45) is 17.8 Å². The van der Waals surface area contributed by atoms with E-state index in [1.165, 1.54) is 19.4 Å². The van der Waals surface area contributed by atoms with E-state index in [1.807, 2.05) is 0 Å². The molecule has 0 aromatic heterocycles. The van der Waals surface area contributed by atoms with Gasteiger partial charge in [-0.1, -0.05) is 6.92 Å². The lowest BCUT2D eigenvalue weighted by atomic mass is 9.88. The maximum atomic E-state index is 12.4. The smallest absolute Gasteiger partial charge is 0.225 e. The second-order valence-corrected chi connectivity index (χ2v) is 6.28. The van der Waals surface area contributed by atoms with Crippen molar-refractivity contribution in [2.75, 3.05) is 45.8 Å². The Labute approximate surface area is 134 Å². The molecule has 3 rings (SSSR count). The van der Waals surface area contributed by atoms with Gasteiger partial charge < -0.3 is 10.2 Å². The molecule has 2 heterocycles. The minimum absolute atomic E-state index is 0. The zero-order valence-electron chi connectivity index (χ0n) is 12.2. The van der Waals surface area contributed by atoms with Crippen molar-refractivity contribution >= 4 is 30.7 Å². The second kappa shape index (κ2) is 7.83. The largest absolute Gasteiger partial charge is 0.340 e. The fourth-order valence-electron chi connectivity index (χ4n) is 2.97. The Morgan fingerprint density at radius 3 is 2.20 bits per heavy atom. The molecule has 6 heteroatoms. The Balaban J connectivity index is 0.000001000. The number of carbonyl (C=O) groups is 1. The maximum absolute atomic E-state index is 12.4. The van der Waals surface area contributed by atoms with Gasteiger partial charge in [0.05, 0.1) is 0 Å². The lowest BCUT2D eigenvalue weighted by Crippen LogP contribution is -2.54. The lowest BCUT2D eigenvalue weighted by Gasteiger charge is -2.39. The molecule has 0 spiro atoms. The highest BCUT2D eigenvalue weighted by molar-refractivity contribution is 5.85. The highest BCUT2D eigenvalue weighted by Gasteiger charge is 2.33. The van der Waals surface area contributed by atoms with E-state index in [4.69, 9.17) is 0 Å². The average Bonchev–Trinajstić information content (AvgIpc) is 3.11. The number of hydrogen-bond acceptors (Lipinski definition) is 3. The van der Waals surface area contributed by atoms with Crippen molar-refractivity contribution in [3.8, 4) is 0 Å². The first kappa shape index (κ1) is 18.0. The normalized spacial score (nSPS) is 25.1. The molecule has 0 aromatic carbocycles. The summed E-state index contributed by atoms with van der Waals surface area (Å²) in [5.74, 6) is 2.13. The summed E-state index contributed by atoms with van der Waals surface area (Å²) < 4.78 is 0. The topological polar surface area (TPSA) is 35.6 Å². The van der Waals surface area contributed by atoms with Crippen molar-refractivity contribution in [1.82, 2.24) is 15.1 Å². The van der Waals surface area contributed by atoms with E-state index in [2.05, 4.69) is 22.0 Å². The van der Waals surface area contributed by atoms with Crippen molar-refractivity contribution in [3.63, 3.8) is 0 Å². The zero-order chi connectivity index (χ0) is 12.5. The summed E-state index contributed by atoms with van der Waals surface area (Å²) >= 11 is 0. The summed E-state index contributed by atoms with van der Waals surface area (Å²) in [7, 11) is 0. The van der Waals surface area contributed by atoms with E-state index in [0.29, 0.717) is 11.8 Å². The van der Waals surface area contributed by atoms with Crippen molar-refractivity contribution < 1.29 is 4.79 Å². The van der Waals surface area contributed by atoms with Crippen LogP contribution in [0.4, 0.5) is 0 Å². The molecule has 1 amide bonds. The van der Waals surface area contributed by atoms with Crippen molar-refractivity contribution in [3.05, 3.63) is 0 Å². The molecule has 1 saturated carbocycles. The summed E-state index contributed by atoms with van der Waals surface area (Å²) in [5, 5.41) is 3.26. The number of amides is 1. The third-order valence-corrected chi connectivity index (χ3v) is 4.81. The van der Waals surface area contributed by atoms with Gasteiger partial charge in [-0.2, -0.15) is 0 Å². The molecular weight excluding hydrogens is 297 g/mol. The number of nitrogens with zero attached hydrogens (tertiary/aromatic N) is 2. The molecule has 1 atom stereocenters. The number of rotatable bonds is 4. The highest BCUT2D eigenvalue weighted by Crippen LogP contribution is 2.30. The molecule has 2 saturated heterocycles. The Bertz CT molecular complexity index is 314. The van der Waals surface area contributed by atoms with Gasteiger partial charge in [-0.25, -0.2) is 0 Å². The van der Waals surface area contributed by atoms with Crippen LogP contribution in [0.25, 0.3) is 0 Å². The molecule has 3 fully saturated rings. The van der Waals surface area contributed by atoms with Gasteiger partial charge in [-0.05, 0) is 37.8 Å². The van der Waals surface area contributed by atoms with Gasteiger partial charge in [0.1, 0.15) is 0 Å². The zero-order valence-corrected chi connectivity index (χ0v) is 13.8. The van der Waals surface area contributed by atoms with Crippen LogP contribution in [0, 0.1) is 17.8 Å². The van der Waals surface area contributed by atoms with E-state index < -0.39 is 0 Å². The predicted octanol–water partition coefficient (Wildman–Crippen LogP) is 1.24.